The number of aliphatic carboxylic acids is 1. The fourth-order valence-corrected chi connectivity index (χ4v) is 4.63. The zero-order chi connectivity index (χ0) is 24.7. The summed E-state index contributed by atoms with van der Waals surface area (Å²) in [6.45, 7) is 4.88. The number of rotatable bonds is 24. The highest BCUT2D eigenvalue weighted by atomic mass is 16.5. The smallest absolute Gasteiger partial charge is 0.336 e. The maximum atomic E-state index is 12.1. The minimum absolute atomic E-state index is 0.342. The van der Waals surface area contributed by atoms with Gasteiger partial charge >= 0.3 is 5.97 Å². The number of carboxylic acids is 1. The van der Waals surface area contributed by atoms with Crippen LogP contribution in [0, 0.1) is 0 Å². The van der Waals surface area contributed by atoms with Gasteiger partial charge in [0.15, 0.2) is 5.60 Å². The second kappa shape index (κ2) is 20.8. The maximum Gasteiger partial charge on any atom is 0.336 e. The third-order valence-electron chi connectivity index (χ3n) is 6.76. The largest absolute Gasteiger partial charge is 0.493 e. The Morgan fingerprint density at radius 3 is 1.62 bits per heavy atom. The summed E-state index contributed by atoms with van der Waals surface area (Å²) < 4.78 is 11.5. The summed E-state index contributed by atoms with van der Waals surface area (Å²) in [5, 5.41) is 9.90. The van der Waals surface area contributed by atoms with E-state index in [1.54, 1.807) is 0 Å². The molecule has 0 saturated carbocycles. The Morgan fingerprint density at radius 1 is 0.706 bits per heavy atom. The van der Waals surface area contributed by atoms with Gasteiger partial charge in [0.2, 0.25) is 0 Å². The summed E-state index contributed by atoms with van der Waals surface area (Å²) in [6.07, 6.45) is 21.9. The van der Waals surface area contributed by atoms with Crippen molar-refractivity contribution in [3.63, 3.8) is 0 Å². The molecule has 0 aromatic heterocycles. The summed E-state index contributed by atoms with van der Waals surface area (Å²) in [5.74, 6) is -0.104. The number of carboxylic acid groups (broad SMARTS) is 1. The number of para-hydroxylation sites is 1. The van der Waals surface area contributed by atoms with Gasteiger partial charge in [-0.25, -0.2) is 4.79 Å². The highest BCUT2D eigenvalue weighted by Gasteiger charge is 2.38. The lowest BCUT2D eigenvalue weighted by Gasteiger charge is -2.29. The average molecular weight is 477 g/mol. The van der Waals surface area contributed by atoms with Gasteiger partial charge in [-0.15, -0.1) is 0 Å². The highest BCUT2D eigenvalue weighted by molar-refractivity contribution is 5.77. The summed E-state index contributed by atoms with van der Waals surface area (Å²) in [6, 6.07) is 9.54. The van der Waals surface area contributed by atoms with Crippen LogP contribution in [0.15, 0.2) is 30.3 Å². The van der Waals surface area contributed by atoms with Crippen LogP contribution in [0.25, 0.3) is 0 Å². The van der Waals surface area contributed by atoms with E-state index in [-0.39, 0.29) is 0 Å². The van der Waals surface area contributed by atoms with Crippen LogP contribution in [-0.2, 0) is 9.53 Å². The van der Waals surface area contributed by atoms with Gasteiger partial charge < -0.3 is 14.6 Å². The van der Waals surface area contributed by atoms with Crippen LogP contribution >= 0.6 is 0 Å². The van der Waals surface area contributed by atoms with Crippen molar-refractivity contribution in [1.82, 2.24) is 0 Å². The molecule has 0 radical (unpaired) electrons. The second-order valence-corrected chi connectivity index (χ2v) is 9.70. The van der Waals surface area contributed by atoms with Crippen LogP contribution < -0.4 is 4.74 Å². The van der Waals surface area contributed by atoms with E-state index in [4.69, 9.17) is 9.47 Å². The number of carbonyl (C=O) groups is 1. The molecule has 1 unspecified atom stereocenters. The number of benzene rings is 1. The van der Waals surface area contributed by atoms with Crippen LogP contribution in [-0.4, -0.2) is 29.9 Å². The average Bonchev–Trinajstić information content (AvgIpc) is 2.84. The Morgan fingerprint density at radius 2 is 1.18 bits per heavy atom. The minimum Gasteiger partial charge on any atom is -0.493 e. The molecule has 0 aliphatic heterocycles. The summed E-state index contributed by atoms with van der Waals surface area (Å²) in [7, 11) is 0. The molecule has 0 heterocycles. The molecular formula is C30H52O4. The van der Waals surface area contributed by atoms with Crippen molar-refractivity contribution < 1.29 is 19.4 Å². The van der Waals surface area contributed by atoms with Gasteiger partial charge in [-0.1, -0.05) is 121 Å². The Bertz CT molecular complexity index is 589. The fraction of sp³-hybridized carbons (Fsp3) is 0.767. The van der Waals surface area contributed by atoms with Crippen molar-refractivity contribution in [3.05, 3.63) is 30.3 Å². The zero-order valence-electron chi connectivity index (χ0n) is 22.2. The Labute approximate surface area is 209 Å². The Balaban J connectivity index is 2.09. The highest BCUT2D eigenvalue weighted by Crippen LogP contribution is 2.26. The first-order chi connectivity index (χ1) is 16.6. The first kappa shape index (κ1) is 30.5. The van der Waals surface area contributed by atoms with Gasteiger partial charge in [0.25, 0.3) is 0 Å². The molecule has 0 saturated heterocycles. The lowest BCUT2D eigenvalue weighted by atomic mass is 9.92. The van der Waals surface area contributed by atoms with E-state index >= 15 is 0 Å². The predicted octanol–water partition coefficient (Wildman–Crippen LogP) is 8.97. The van der Waals surface area contributed by atoms with E-state index in [0.717, 1.165) is 18.6 Å². The van der Waals surface area contributed by atoms with Gasteiger partial charge in [-0.3, -0.25) is 0 Å². The van der Waals surface area contributed by atoms with Crippen LogP contribution in [0.3, 0.4) is 0 Å². The molecule has 0 fully saturated rings. The molecule has 0 bridgehead atoms. The molecule has 1 atom stereocenters. The third kappa shape index (κ3) is 14.7. The van der Waals surface area contributed by atoms with Crippen molar-refractivity contribution in [2.75, 3.05) is 13.2 Å². The summed E-state index contributed by atoms with van der Waals surface area (Å²) >= 11 is 0. The van der Waals surface area contributed by atoms with Crippen LogP contribution in [0.5, 0.6) is 5.75 Å². The first-order valence-corrected chi connectivity index (χ1v) is 14.2. The molecule has 1 aromatic carbocycles. The minimum atomic E-state index is -1.14. The normalized spacial score (nSPS) is 13.0. The van der Waals surface area contributed by atoms with E-state index in [1.807, 2.05) is 37.3 Å². The second-order valence-electron chi connectivity index (χ2n) is 9.70. The van der Waals surface area contributed by atoms with Crippen molar-refractivity contribution in [1.29, 1.82) is 0 Å². The Hall–Kier alpha value is -1.55. The molecule has 196 valence electrons. The predicted molar refractivity (Wildman–Crippen MR) is 143 cm³/mol. The molecule has 0 spiro atoms. The van der Waals surface area contributed by atoms with Crippen molar-refractivity contribution in [2.24, 2.45) is 0 Å². The van der Waals surface area contributed by atoms with Crippen molar-refractivity contribution in [3.8, 4) is 5.75 Å². The molecule has 1 rings (SSSR count). The monoisotopic (exact) mass is 476 g/mol. The van der Waals surface area contributed by atoms with Crippen LogP contribution in [0.2, 0.25) is 0 Å². The van der Waals surface area contributed by atoms with Crippen molar-refractivity contribution in [2.45, 2.75) is 135 Å². The van der Waals surface area contributed by atoms with E-state index in [2.05, 4.69) is 6.92 Å². The third-order valence-corrected chi connectivity index (χ3v) is 6.76. The molecule has 1 N–H and O–H groups in total. The van der Waals surface area contributed by atoms with E-state index in [9.17, 15) is 9.90 Å². The molecular weight excluding hydrogens is 424 g/mol. The van der Waals surface area contributed by atoms with Crippen LogP contribution in [0.4, 0.5) is 0 Å². The quantitative estimate of drug-likeness (QED) is 0.151. The number of hydrogen-bond donors (Lipinski definition) is 1. The Kier molecular flexibility index (Phi) is 18.6. The van der Waals surface area contributed by atoms with Crippen molar-refractivity contribution >= 4 is 5.97 Å². The first-order valence-electron chi connectivity index (χ1n) is 14.2. The van der Waals surface area contributed by atoms with Gasteiger partial charge in [0.05, 0.1) is 6.61 Å². The molecule has 4 nitrogen and oxygen atoms in total. The molecule has 1 aromatic rings. The number of hydrogen-bond acceptors (Lipinski definition) is 3. The topological polar surface area (TPSA) is 55.8 Å². The lowest BCUT2D eigenvalue weighted by molar-refractivity contribution is -0.168. The number of ether oxygens (including phenoxy) is 2. The van der Waals surface area contributed by atoms with Gasteiger partial charge in [0.1, 0.15) is 5.75 Å². The molecule has 0 aliphatic carbocycles. The molecule has 0 amide bonds. The summed E-state index contributed by atoms with van der Waals surface area (Å²) in [5.41, 5.74) is -1.14. The molecule has 4 heteroatoms. The molecule has 34 heavy (non-hydrogen) atoms. The summed E-state index contributed by atoms with van der Waals surface area (Å²) in [4.78, 5) is 12.1. The lowest BCUT2D eigenvalue weighted by Crippen LogP contribution is -2.43. The van der Waals surface area contributed by atoms with Gasteiger partial charge in [-0.2, -0.15) is 0 Å². The SMILES string of the molecule is CCCCCCCCCCCCCCCCCCC(CCOc1ccccc1)(OCC)C(=O)O. The van der Waals surface area contributed by atoms with E-state index in [1.165, 1.54) is 89.9 Å². The zero-order valence-corrected chi connectivity index (χ0v) is 22.2. The molecule has 0 aliphatic rings. The number of unbranched alkanes of at least 4 members (excludes halogenated alkanes) is 15. The maximum absolute atomic E-state index is 12.1. The van der Waals surface area contributed by atoms with Gasteiger partial charge in [0, 0.05) is 13.0 Å². The van der Waals surface area contributed by atoms with E-state index in [0.29, 0.717) is 26.1 Å². The standard InChI is InChI=1S/C30H52O4/c1-3-5-6-7-8-9-10-11-12-13-14-15-16-17-18-22-25-30(29(31)32,34-4-2)26-27-33-28-23-20-19-21-24-28/h19-21,23-24H,3-18,22,25-27H2,1-2H3,(H,31,32). The van der Waals surface area contributed by atoms with Crippen LogP contribution in [0.1, 0.15) is 129 Å². The van der Waals surface area contributed by atoms with Gasteiger partial charge in [-0.05, 0) is 31.9 Å². The fourth-order valence-electron chi connectivity index (χ4n) is 4.63. The van der Waals surface area contributed by atoms with E-state index < -0.39 is 11.6 Å².